The van der Waals surface area contributed by atoms with Crippen LogP contribution in [0.15, 0.2) is 48.7 Å². The Morgan fingerprint density at radius 3 is 2.59 bits per heavy atom. The summed E-state index contributed by atoms with van der Waals surface area (Å²) < 4.78 is 6.11. The first kappa shape index (κ1) is 19.4. The molecule has 0 saturated carbocycles. The number of aromatic nitrogens is 1. The van der Waals surface area contributed by atoms with Crippen molar-refractivity contribution in [1.29, 1.82) is 0 Å². The number of hydrogen-bond acceptors (Lipinski definition) is 4. The van der Waals surface area contributed by atoms with E-state index < -0.39 is 0 Å². The molecule has 0 bridgehead atoms. The van der Waals surface area contributed by atoms with Gasteiger partial charge < -0.3 is 15.0 Å². The van der Waals surface area contributed by atoms with E-state index in [-0.39, 0.29) is 12.0 Å². The number of benzene rings is 1. The molecule has 144 valence electrons. The molecule has 0 spiro atoms. The van der Waals surface area contributed by atoms with Gasteiger partial charge in [0.1, 0.15) is 11.9 Å². The first-order valence-corrected chi connectivity index (χ1v) is 9.84. The van der Waals surface area contributed by atoms with Gasteiger partial charge in [0.15, 0.2) is 0 Å². The van der Waals surface area contributed by atoms with E-state index in [0.717, 1.165) is 37.4 Å². The number of carbonyl (C=O) groups is 1. The molecule has 2 aromatic rings. The van der Waals surface area contributed by atoms with Crippen LogP contribution in [0.3, 0.4) is 0 Å². The van der Waals surface area contributed by atoms with Crippen molar-refractivity contribution in [1.82, 2.24) is 15.2 Å². The van der Waals surface area contributed by atoms with Crippen LogP contribution in [0.2, 0.25) is 0 Å². The van der Waals surface area contributed by atoms with Crippen molar-refractivity contribution in [3.8, 4) is 5.75 Å². The molecular formula is C22H29N3O2. The van der Waals surface area contributed by atoms with Gasteiger partial charge in [0.25, 0.3) is 5.91 Å². The normalized spacial score (nSPS) is 16.7. The van der Waals surface area contributed by atoms with Gasteiger partial charge in [-0.05, 0) is 62.6 Å². The molecule has 1 aromatic heterocycles. The molecule has 1 N–H and O–H groups in total. The third-order valence-electron chi connectivity index (χ3n) is 5.27. The van der Waals surface area contributed by atoms with E-state index in [9.17, 15) is 4.79 Å². The van der Waals surface area contributed by atoms with Gasteiger partial charge in [-0.25, -0.2) is 0 Å². The largest absolute Gasteiger partial charge is 0.490 e. The zero-order valence-corrected chi connectivity index (χ0v) is 16.2. The van der Waals surface area contributed by atoms with Gasteiger partial charge in [-0.15, -0.1) is 0 Å². The highest BCUT2D eigenvalue weighted by atomic mass is 16.5. The lowest BCUT2D eigenvalue weighted by Gasteiger charge is -2.35. The fraction of sp³-hybridized carbons (Fsp3) is 0.455. The fourth-order valence-electron chi connectivity index (χ4n) is 3.35. The number of carbonyl (C=O) groups excluding carboxylic acids is 1. The average molecular weight is 367 g/mol. The second-order valence-corrected chi connectivity index (χ2v) is 7.14. The molecule has 1 atom stereocenters. The van der Waals surface area contributed by atoms with Gasteiger partial charge in [0.05, 0.1) is 12.2 Å². The number of nitrogens with zero attached hydrogens (tertiary/aromatic N) is 2. The van der Waals surface area contributed by atoms with Gasteiger partial charge in [-0.2, -0.15) is 0 Å². The van der Waals surface area contributed by atoms with Crippen LogP contribution in [-0.4, -0.2) is 41.0 Å². The lowest BCUT2D eigenvalue weighted by Crippen LogP contribution is -2.42. The summed E-state index contributed by atoms with van der Waals surface area (Å²) in [6, 6.07) is 13.7. The van der Waals surface area contributed by atoms with E-state index in [1.807, 2.05) is 42.5 Å². The number of nitrogens with one attached hydrogen (secondary N) is 1. The molecule has 3 rings (SSSR count). The van der Waals surface area contributed by atoms with Crippen LogP contribution in [-0.2, 0) is 6.54 Å². The maximum absolute atomic E-state index is 12.3. The maximum atomic E-state index is 12.3. The van der Waals surface area contributed by atoms with E-state index in [1.165, 1.54) is 6.42 Å². The topological polar surface area (TPSA) is 54.5 Å². The quantitative estimate of drug-likeness (QED) is 0.812. The molecule has 2 heterocycles. The Balaban J connectivity index is 1.47. The molecule has 0 aliphatic carbocycles. The van der Waals surface area contributed by atoms with Gasteiger partial charge in [0.2, 0.25) is 0 Å². The molecule has 0 radical (unpaired) electrons. The Hall–Kier alpha value is -2.40. The Bertz CT molecular complexity index is 710. The summed E-state index contributed by atoms with van der Waals surface area (Å²) in [5.74, 6) is 0.729. The van der Waals surface area contributed by atoms with Crippen molar-refractivity contribution >= 4 is 5.91 Å². The summed E-state index contributed by atoms with van der Waals surface area (Å²) in [4.78, 5) is 19.0. The van der Waals surface area contributed by atoms with Crippen LogP contribution in [0.5, 0.6) is 5.75 Å². The van der Waals surface area contributed by atoms with E-state index in [1.54, 1.807) is 6.20 Å². The van der Waals surface area contributed by atoms with Gasteiger partial charge >= 0.3 is 0 Å². The predicted molar refractivity (Wildman–Crippen MR) is 107 cm³/mol. The smallest absolute Gasteiger partial charge is 0.251 e. The van der Waals surface area contributed by atoms with E-state index >= 15 is 0 Å². The van der Waals surface area contributed by atoms with Crippen LogP contribution in [0.4, 0.5) is 0 Å². The minimum absolute atomic E-state index is 0.103. The molecule has 0 unspecified atom stereocenters. The maximum Gasteiger partial charge on any atom is 0.251 e. The number of ether oxygens (including phenoxy) is 1. The van der Waals surface area contributed by atoms with Crippen molar-refractivity contribution < 1.29 is 9.53 Å². The van der Waals surface area contributed by atoms with E-state index in [2.05, 4.69) is 29.0 Å². The van der Waals surface area contributed by atoms with Gasteiger partial charge in [-0.3, -0.25) is 9.78 Å². The number of amides is 1. The van der Waals surface area contributed by atoms with E-state index in [4.69, 9.17) is 4.74 Å². The standard InChI is InChI=1S/C22H29N3O2/c1-3-17(2)25-14-11-21(12-15-25)27-20-9-7-18(8-10-20)22(26)24-16-19-6-4-5-13-23-19/h4-10,13,17,21H,3,11-12,14-16H2,1-2H3,(H,24,26)/t17-/m1/s1. The molecule has 27 heavy (non-hydrogen) atoms. The highest BCUT2D eigenvalue weighted by molar-refractivity contribution is 5.94. The molecule has 1 aromatic carbocycles. The van der Waals surface area contributed by atoms with E-state index in [0.29, 0.717) is 18.2 Å². The Kier molecular flexibility index (Phi) is 6.82. The van der Waals surface area contributed by atoms with Gasteiger partial charge in [0, 0.05) is 30.9 Å². The monoisotopic (exact) mass is 367 g/mol. The molecule has 1 saturated heterocycles. The molecular weight excluding hydrogens is 338 g/mol. The number of piperidine rings is 1. The highest BCUT2D eigenvalue weighted by Crippen LogP contribution is 2.21. The summed E-state index contributed by atoms with van der Waals surface area (Å²) in [6.07, 6.45) is 5.28. The summed E-state index contributed by atoms with van der Waals surface area (Å²) in [7, 11) is 0. The Labute approximate surface area is 161 Å². The summed E-state index contributed by atoms with van der Waals surface area (Å²) in [5, 5.41) is 2.89. The third-order valence-corrected chi connectivity index (χ3v) is 5.27. The number of rotatable bonds is 7. The zero-order valence-electron chi connectivity index (χ0n) is 16.2. The van der Waals surface area contributed by atoms with Crippen molar-refractivity contribution in [3.05, 3.63) is 59.9 Å². The van der Waals surface area contributed by atoms with Crippen LogP contribution < -0.4 is 10.1 Å². The predicted octanol–water partition coefficient (Wildman–Crippen LogP) is 3.65. The first-order valence-electron chi connectivity index (χ1n) is 9.84. The number of pyridine rings is 1. The molecule has 1 aliphatic heterocycles. The van der Waals surface area contributed by atoms with Crippen LogP contribution in [0.1, 0.15) is 49.2 Å². The summed E-state index contributed by atoms with van der Waals surface area (Å²) in [5.41, 5.74) is 1.47. The number of hydrogen-bond donors (Lipinski definition) is 1. The Morgan fingerprint density at radius 2 is 1.96 bits per heavy atom. The molecule has 5 nitrogen and oxygen atoms in total. The molecule has 1 amide bonds. The minimum Gasteiger partial charge on any atom is -0.490 e. The molecule has 1 fully saturated rings. The lowest BCUT2D eigenvalue weighted by atomic mass is 10.0. The third kappa shape index (κ3) is 5.54. The number of likely N-dealkylation sites (tertiary alicyclic amines) is 1. The van der Waals surface area contributed by atoms with Crippen LogP contribution in [0, 0.1) is 0 Å². The fourth-order valence-corrected chi connectivity index (χ4v) is 3.35. The van der Waals surface area contributed by atoms with Crippen molar-refractivity contribution in [3.63, 3.8) is 0 Å². The zero-order chi connectivity index (χ0) is 19.1. The molecule has 5 heteroatoms. The van der Waals surface area contributed by atoms with Gasteiger partial charge in [-0.1, -0.05) is 13.0 Å². The second kappa shape index (κ2) is 9.51. The molecule has 1 aliphatic rings. The lowest BCUT2D eigenvalue weighted by molar-refractivity contribution is 0.0788. The van der Waals surface area contributed by atoms with Crippen molar-refractivity contribution in [2.24, 2.45) is 0 Å². The second-order valence-electron chi connectivity index (χ2n) is 7.14. The first-order chi connectivity index (χ1) is 13.2. The van der Waals surface area contributed by atoms with Crippen LogP contribution >= 0.6 is 0 Å². The summed E-state index contributed by atoms with van der Waals surface area (Å²) in [6.45, 7) is 7.13. The minimum atomic E-state index is -0.103. The van der Waals surface area contributed by atoms with Crippen LogP contribution in [0.25, 0.3) is 0 Å². The average Bonchev–Trinajstić information content (AvgIpc) is 2.73. The highest BCUT2D eigenvalue weighted by Gasteiger charge is 2.23. The summed E-state index contributed by atoms with van der Waals surface area (Å²) >= 11 is 0. The Morgan fingerprint density at radius 1 is 1.22 bits per heavy atom. The SMILES string of the molecule is CC[C@@H](C)N1CCC(Oc2ccc(C(=O)NCc3ccccn3)cc2)CC1. The van der Waals surface area contributed by atoms with Crippen molar-refractivity contribution in [2.75, 3.05) is 13.1 Å². The van der Waals surface area contributed by atoms with Crippen molar-refractivity contribution in [2.45, 2.75) is 51.8 Å².